The van der Waals surface area contributed by atoms with Gasteiger partial charge in [0, 0.05) is 19.6 Å². The molecule has 0 radical (unpaired) electrons. The molecule has 138 valence electrons. The Kier molecular flexibility index (Phi) is 5.90. The van der Waals surface area contributed by atoms with Gasteiger partial charge in [-0.15, -0.1) is 0 Å². The van der Waals surface area contributed by atoms with Crippen molar-refractivity contribution >= 4 is 15.9 Å². The molecule has 1 saturated heterocycles. The smallest absolute Gasteiger partial charge is 0.287 e. The lowest BCUT2D eigenvalue weighted by atomic mass is 10.1. The standard InChI is InChI=1S/C16H22N2O6S/c1-16(2,20)7-6-12-4-5-14(24-12)15(19)17-10-13-11-18(8-9-23-13)25(3,21)22/h4-5,13,20H,8-11H2,1-3H3,(H,17,19). The van der Waals surface area contributed by atoms with Gasteiger partial charge < -0.3 is 19.6 Å². The van der Waals surface area contributed by atoms with Gasteiger partial charge in [0.15, 0.2) is 11.5 Å². The summed E-state index contributed by atoms with van der Waals surface area (Å²) in [5.74, 6) is 5.13. The number of hydrogen-bond donors (Lipinski definition) is 2. The van der Waals surface area contributed by atoms with Gasteiger partial charge in [0.1, 0.15) is 5.60 Å². The fourth-order valence-electron chi connectivity index (χ4n) is 2.15. The van der Waals surface area contributed by atoms with E-state index in [2.05, 4.69) is 17.2 Å². The molecule has 9 heteroatoms. The quantitative estimate of drug-likeness (QED) is 0.710. The monoisotopic (exact) mass is 370 g/mol. The number of nitrogens with zero attached hydrogens (tertiary/aromatic N) is 1. The Balaban J connectivity index is 1.90. The first-order valence-electron chi connectivity index (χ1n) is 7.75. The van der Waals surface area contributed by atoms with E-state index >= 15 is 0 Å². The maximum atomic E-state index is 12.1. The molecular weight excluding hydrogens is 348 g/mol. The highest BCUT2D eigenvalue weighted by Gasteiger charge is 2.27. The minimum atomic E-state index is -3.28. The number of carbonyl (C=O) groups excluding carboxylic acids is 1. The van der Waals surface area contributed by atoms with E-state index in [4.69, 9.17) is 9.15 Å². The van der Waals surface area contributed by atoms with Gasteiger partial charge in [-0.25, -0.2) is 8.42 Å². The van der Waals surface area contributed by atoms with Crippen LogP contribution in [-0.4, -0.2) is 67.9 Å². The second-order valence-electron chi connectivity index (χ2n) is 6.30. The summed E-state index contributed by atoms with van der Waals surface area (Å²) in [6.45, 7) is 4.03. The largest absolute Gasteiger partial charge is 0.443 e. The molecule has 1 aromatic heterocycles. The van der Waals surface area contributed by atoms with Crippen LogP contribution in [0.25, 0.3) is 0 Å². The highest BCUT2D eigenvalue weighted by Crippen LogP contribution is 2.10. The van der Waals surface area contributed by atoms with E-state index in [1.54, 1.807) is 13.8 Å². The molecule has 25 heavy (non-hydrogen) atoms. The van der Waals surface area contributed by atoms with Crippen molar-refractivity contribution in [3.63, 3.8) is 0 Å². The van der Waals surface area contributed by atoms with Gasteiger partial charge in [-0.1, -0.05) is 5.92 Å². The van der Waals surface area contributed by atoms with Crippen LogP contribution in [0, 0.1) is 11.8 Å². The summed E-state index contributed by atoms with van der Waals surface area (Å²) in [6.07, 6.45) is 0.726. The molecule has 0 saturated carbocycles. The van der Waals surface area contributed by atoms with Crippen LogP contribution in [0.5, 0.6) is 0 Å². The average molecular weight is 370 g/mol. The number of aliphatic hydroxyl groups is 1. The molecule has 1 unspecified atom stereocenters. The molecule has 1 aliphatic rings. The molecule has 0 aliphatic carbocycles. The molecule has 8 nitrogen and oxygen atoms in total. The molecule has 0 aromatic carbocycles. The number of morpholine rings is 1. The molecular formula is C16H22N2O6S. The number of furan rings is 1. The van der Waals surface area contributed by atoms with Gasteiger partial charge in [0.05, 0.1) is 19.0 Å². The van der Waals surface area contributed by atoms with Crippen molar-refractivity contribution in [1.29, 1.82) is 0 Å². The Morgan fingerprint density at radius 1 is 1.48 bits per heavy atom. The first kappa shape index (κ1) is 19.5. The molecule has 1 atom stereocenters. The van der Waals surface area contributed by atoms with Gasteiger partial charge in [-0.2, -0.15) is 4.31 Å². The maximum absolute atomic E-state index is 12.1. The summed E-state index contributed by atoms with van der Waals surface area (Å²) in [4.78, 5) is 12.1. The Hall–Kier alpha value is -1.86. The Morgan fingerprint density at radius 3 is 2.84 bits per heavy atom. The third-order valence-corrected chi connectivity index (χ3v) is 4.65. The van der Waals surface area contributed by atoms with Gasteiger partial charge in [-0.3, -0.25) is 4.79 Å². The summed E-state index contributed by atoms with van der Waals surface area (Å²) < 4.78 is 35.2. The number of amides is 1. The molecule has 1 amide bonds. The van der Waals surface area contributed by atoms with Crippen LogP contribution < -0.4 is 5.32 Å². The number of hydrogen-bond acceptors (Lipinski definition) is 6. The minimum absolute atomic E-state index is 0.0795. The number of sulfonamides is 1. The lowest BCUT2D eigenvalue weighted by Gasteiger charge is -2.31. The maximum Gasteiger partial charge on any atom is 0.287 e. The third-order valence-electron chi connectivity index (χ3n) is 3.38. The molecule has 2 N–H and O–H groups in total. The summed E-state index contributed by atoms with van der Waals surface area (Å²) in [5, 5.41) is 12.2. The highest BCUT2D eigenvalue weighted by molar-refractivity contribution is 7.88. The summed E-state index contributed by atoms with van der Waals surface area (Å²) in [6, 6.07) is 3.02. The van der Waals surface area contributed by atoms with Crippen molar-refractivity contribution in [3.8, 4) is 11.8 Å². The van der Waals surface area contributed by atoms with Gasteiger partial charge in [0.25, 0.3) is 5.91 Å². The number of carbonyl (C=O) groups is 1. The van der Waals surface area contributed by atoms with E-state index in [0.29, 0.717) is 6.54 Å². The van der Waals surface area contributed by atoms with E-state index in [0.717, 1.165) is 6.26 Å². The van der Waals surface area contributed by atoms with Crippen LogP contribution in [0.1, 0.15) is 30.2 Å². The zero-order chi connectivity index (χ0) is 18.7. The van der Waals surface area contributed by atoms with Crippen molar-refractivity contribution in [3.05, 3.63) is 23.7 Å². The SMILES string of the molecule is CC(C)(O)C#Cc1ccc(C(=O)NCC2CN(S(C)(=O)=O)CCO2)o1. The first-order valence-corrected chi connectivity index (χ1v) is 9.60. The van der Waals surface area contributed by atoms with Gasteiger partial charge >= 0.3 is 0 Å². The van der Waals surface area contributed by atoms with Crippen molar-refractivity contribution < 1.29 is 27.5 Å². The second-order valence-corrected chi connectivity index (χ2v) is 8.28. The van der Waals surface area contributed by atoms with Crippen LogP contribution >= 0.6 is 0 Å². The number of ether oxygens (including phenoxy) is 1. The van der Waals surface area contributed by atoms with E-state index < -0.39 is 27.6 Å². The summed E-state index contributed by atoms with van der Waals surface area (Å²) >= 11 is 0. The molecule has 0 bridgehead atoms. The van der Waals surface area contributed by atoms with E-state index in [1.165, 1.54) is 16.4 Å². The van der Waals surface area contributed by atoms with Gasteiger partial charge in [0.2, 0.25) is 10.0 Å². The van der Waals surface area contributed by atoms with E-state index in [1.807, 2.05) is 0 Å². The fraction of sp³-hybridized carbons (Fsp3) is 0.562. The van der Waals surface area contributed by atoms with Crippen LogP contribution in [0.2, 0.25) is 0 Å². The Bertz CT molecular complexity index is 782. The molecule has 0 spiro atoms. The van der Waals surface area contributed by atoms with Crippen LogP contribution in [0.3, 0.4) is 0 Å². The third kappa shape index (κ3) is 6.17. The summed E-state index contributed by atoms with van der Waals surface area (Å²) in [7, 11) is -3.28. The predicted octanol–water partition coefficient (Wildman–Crippen LogP) is -0.208. The lowest BCUT2D eigenvalue weighted by Crippen LogP contribution is -2.49. The fourth-order valence-corrected chi connectivity index (χ4v) is 3.00. The Morgan fingerprint density at radius 2 is 2.20 bits per heavy atom. The summed E-state index contributed by atoms with van der Waals surface area (Å²) in [5.41, 5.74) is -1.15. The van der Waals surface area contributed by atoms with Crippen LogP contribution in [-0.2, 0) is 14.8 Å². The van der Waals surface area contributed by atoms with Crippen molar-refractivity contribution in [1.82, 2.24) is 9.62 Å². The topological polar surface area (TPSA) is 109 Å². The van der Waals surface area contributed by atoms with E-state index in [9.17, 15) is 18.3 Å². The zero-order valence-corrected chi connectivity index (χ0v) is 15.2. The first-order chi connectivity index (χ1) is 11.5. The number of nitrogens with one attached hydrogen (secondary N) is 1. The molecule has 2 heterocycles. The second kappa shape index (κ2) is 7.58. The number of rotatable bonds is 4. The van der Waals surface area contributed by atoms with Crippen molar-refractivity contribution in [2.24, 2.45) is 0 Å². The minimum Gasteiger partial charge on any atom is -0.443 e. The average Bonchev–Trinajstić information content (AvgIpc) is 2.98. The van der Waals surface area contributed by atoms with Crippen LogP contribution in [0.4, 0.5) is 0 Å². The van der Waals surface area contributed by atoms with E-state index in [-0.39, 0.29) is 31.2 Å². The Labute approximate surface area is 147 Å². The molecule has 1 aliphatic heterocycles. The highest BCUT2D eigenvalue weighted by atomic mass is 32.2. The van der Waals surface area contributed by atoms with Crippen LogP contribution in [0.15, 0.2) is 16.5 Å². The normalized spacial score (nSPS) is 19.1. The molecule has 1 fully saturated rings. The zero-order valence-electron chi connectivity index (χ0n) is 14.4. The lowest BCUT2D eigenvalue weighted by molar-refractivity contribution is 0.000303. The molecule has 1 aromatic rings. The van der Waals surface area contributed by atoms with Gasteiger partial charge in [-0.05, 0) is 31.9 Å². The van der Waals surface area contributed by atoms with Crippen molar-refractivity contribution in [2.45, 2.75) is 25.6 Å². The van der Waals surface area contributed by atoms with Crippen molar-refractivity contribution in [2.75, 3.05) is 32.5 Å². The predicted molar refractivity (Wildman–Crippen MR) is 90.4 cm³/mol. The molecule has 2 rings (SSSR count).